The van der Waals surface area contributed by atoms with Crippen LogP contribution < -0.4 is 10.6 Å². The fourth-order valence-electron chi connectivity index (χ4n) is 9.35. The molecule has 0 amide bonds. The summed E-state index contributed by atoms with van der Waals surface area (Å²) in [6.07, 6.45) is 18.6. The SMILES string of the molecule is C1=CCC(C2N=C(C3=CCCC=C3)NC(c3cccc4sc5cc(-c6cccc7c6oc6cc(-n8c9ccccc9c9ccccc98)ccc67)ccc5c34)N2)C=C1. The Balaban J connectivity index is 0.943. The van der Waals surface area contributed by atoms with Gasteiger partial charge in [-0.25, -0.2) is 4.99 Å². The van der Waals surface area contributed by atoms with Crippen LogP contribution >= 0.6 is 11.3 Å². The maximum Gasteiger partial charge on any atom is 0.143 e. The first kappa shape index (κ1) is 32.7. The van der Waals surface area contributed by atoms with Crippen LogP contribution in [0.2, 0.25) is 0 Å². The van der Waals surface area contributed by atoms with E-state index in [2.05, 4.69) is 179 Å². The number of furan rings is 1. The standard InChI is InChI=1S/C51H38N4OS/c1-3-13-31(14-4-1)49-52-50(32-15-5-2-6-16-32)54-51(53-49)41-21-12-24-45-47(41)40-27-25-33(29-46(40)57-45)35-19-11-20-39-38-28-26-34(30-44(38)56-48(35)39)55-42-22-9-7-17-36(42)37-18-8-10-23-43(37)55/h1,3-5,7-13,15-31,49,51,53H,2,6,14H2,(H,52,54). The van der Waals surface area contributed by atoms with Gasteiger partial charge in [0.05, 0.1) is 11.0 Å². The Morgan fingerprint density at radius 2 is 1.53 bits per heavy atom. The van der Waals surface area contributed by atoms with E-state index in [9.17, 15) is 0 Å². The maximum absolute atomic E-state index is 6.83. The highest BCUT2D eigenvalue weighted by molar-refractivity contribution is 7.25. The van der Waals surface area contributed by atoms with Crippen LogP contribution in [-0.2, 0) is 0 Å². The third-order valence-electron chi connectivity index (χ3n) is 12.0. The van der Waals surface area contributed by atoms with Crippen LogP contribution in [0.1, 0.15) is 31.0 Å². The van der Waals surface area contributed by atoms with Crippen molar-refractivity contribution < 1.29 is 4.42 Å². The van der Waals surface area contributed by atoms with Crippen molar-refractivity contribution >= 4 is 81.1 Å². The third-order valence-corrected chi connectivity index (χ3v) is 13.2. The van der Waals surface area contributed by atoms with Crippen molar-refractivity contribution in [3.05, 3.63) is 175 Å². The Morgan fingerprint density at radius 1 is 0.702 bits per heavy atom. The minimum atomic E-state index is -0.0871. The first-order chi connectivity index (χ1) is 28.2. The van der Waals surface area contributed by atoms with Crippen molar-refractivity contribution in [1.82, 2.24) is 15.2 Å². The van der Waals surface area contributed by atoms with Crippen molar-refractivity contribution in [1.29, 1.82) is 0 Å². The molecule has 0 saturated carbocycles. The lowest BCUT2D eigenvalue weighted by Crippen LogP contribution is -2.51. The van der Waals surface area contributed by atoms with Gasteiger partial charge in [0, 0.05) is 70.5 Å². The Labute approximate surface area is 333 Å². The molecule has 3 aromatic heterocycles. The second-order valence-corrected chi connectivity index (χ2v) is 16.5. The fraction of sp³-hybridized carbons (Fsp3) is 0.118. The van der Waals surface area contributed by atoms with Crippen LogP contribution in [0.5, 0.6) is 0 Å². The zero-order chi connectivity index (χ0) is 37.5. The van der Waals surface area contributed by atoms with Gasteiger partial charge in [-0.05, 0) is 66.8 Å². The minimum Gasteiger partial charge on any atom is -0.455 e. The number of nitrogens with zero attached hydrogens (tertiary/aromatic N) is 2. The zero-order valence-electron chi connectivity index (χ0n) is 31.2. The second-order valence-electron chi connectivity index (χ2n) is 15.4. The number of aromatic nitrogens is 1. The summed E-state index contributed by atoms with van der Waals surface area (Å²) < 4.78 is 11.7. The monoisotopic (exact) mass is 754 g/mol. The molecule has 57 heavy (non-hydrogen) atoms. The molecule has 3 atom stereocenters. The van der Waals surface area contributed by atoms with Crippen LogP contribution in [0.4, 0.5) is 0 Å². The highest BCUT2D eigenvalue weighted by atomic mass is 32.1. The molecular formula is C51H38N4OS. The molecule has 0 bridgehead atoms. The quantitative estimate of drug-likeness (QED) is 0.184. The molecule has 0 radical (unpaired) electrons. The summed E-state index contributed by atoms with van der Waals surface area (Å²) in [4.78, 5) is 5.24. The van der Waals surface area contributed by atoms with Crippen LogP contribution in [0.25, 0.3) is 80.7 Å². The zero-order valence-corrected chi connectivity index (χ0v) is 32.0. The molecule has 0 fully saturated rings. The van der Waals surface area contributed by atoms with E-state index in [0.717, 1.165) is 63.9 Å². The van der Waals surface area contributed by atoms with Crippen LogP contribution in [-0.4, -0.2) is 16.6 Å². The lowest BCUT2D eigenvalue weighted by atomic mass is 9.95. The normalized spacial score (nSPS) is 19.6. The number of benzene rings is 6. The lowest BCUT2D eigenvalue weighted by molar-refractivity contribution is 0.340. The number of thiophene rings is 1. The van der Waals surface area contributed by atoms with Gasteiger partial charge in [-0.3, -0.25) is 5.32 Å². The van der Waals surface area contributed by atoms with Gasteiger partial charge in [0.15, 0.2) is 0 Å². The van der Waals surface area contributed by atoms with Crippen molar-refractivity contribution in [2.75, 3.05) is 0 Å². The average Bonchev–Trinajstić information content (AvgIpc) is 3.96. The van der Waals surface area contributed by atoms with Gasteiger partial charge in [-0.15, -0.1) is 11.3 Å². The number of amidine groups is 1. The summed E-state index contributed by atoms with van der Waals surface area (Å²) in [5.74, 6) is 1.27. The number of nitrogens with one attached hydrogen (secondary N) is 2. The molecule has 4 heterocycles. The van der Waals surface area contributed by atoms with Crippen molar-refractivity contribution in [2.24, 2.45) is 10.9 Å². The summed E-state index contributed by atoms with van der Waals surface area (Å²) in [7, 11) is 0. The van der Waals surface area contributed by atoms with E-state index >= 15 is 0 Å². The average molecular weight is 755 g/mol. The smallest absolute Gasteiger partial charge is 0.143 e. The number of hydrogen-bond acceptors (Lipinski definition) is 5. The first-order valence-electron chi connectivity index (χ1n) is 20.0. The molecule has 274 valence electrons. The number of para-hydroxylation sites is 3. The Morgan fingerprint density at radius 3 is 2.35 bits per heavy atom. The number of aliphatic imine (C=N–C) groups is 1. The van der Waals surface area contributed by atoms with Crippen molar-refractivity contribution in [2.45, 2.75) is 31.6 Å². The molecule has 0 saturated heterocycles. The lowest BCUT2D eigenvalue weighted by Gasteiger charge is -2.35. The van der Waals surface area contributed by atoms with E-state index in [4.69, 9.17) is 9.41 Å². The van der Waals surface area contributed by atoms with Gasteiger partial charge < -0.3 is 14.3 Å². The van der Waals surface area contributed by atoms with Gasteiger partial charge >= 0.3 is 0 Å². The molecule has 2 N–H and O–H groups in total. The largest absolute Gasteiger partial charge is 0.455 e. The van der Waals surface area contributed by atoms with Gasteiger partial charge in [-0.2, -0.15) is 0 Å². The molecule has 1 aliphatic heterocycles. The number of allylic oxidation sites excluding steroid dienone is 5. The number of rotatable bonds is 5. The van der Waals surface area contributed by atoms with E-state index in [1.54, 1.807) is 0 Å². The van der Waals surface area contributed by atoms with Crippen molar-refractivity contribution in [3.8, 4) is 16.8 Å². The highest BCUT2D eigenvalue weighted by Gasteiger charge is 2.31. The van der Waals surface area contributed by atoms with Gasteiger partial charge in [0.2, 0.25) is 0 Å². The molecule has 12 rings (SSSR count). The van der Waals surface area contributed by atoms with Crippen LogP contribution in [0.15, 0.2) is 179 Å². The number of hydrogen-bond donors (Lipinski definition) is 2. The fourth-order valence-corrected chi connectivity index (χ4v) is 10.5. The van der Waals surface area contributed by atoms with E-state index in [1.807, 2.05) is 11.3 Å². The topological polar surface area (TPSA) is 54.5 Å². The Bertz CT molecular complexity index is 3210. The molecule has 0 spiro atoms. The molecule has 2 aliphatic carbocycles. The predicted octanol–water partition coefficient (Wildman–Crippen LogP) is 13.0. The summed E-state index contributed by atoms with van der Waals surface area (Å²) in [5.41, 5.74) is 9.96. The van der Waals surface area contributed by atoms with Crippen molar-refractivity contribution in [3.63, 3.8) is 0 Å². The third kappa shape index (κ3) is 5.28. The second kappa shape index (κ2) is 13.1. The van der Waals surface area contributed by atoms with E-state index in [0.29, 0.717) is 5.92 Å². The Kier molecular flexibility index (Phi) is 7.50. The van der Waals surface area contributed by atoms with Crippen LogP contribution in [0.3, 0.4) is 0 Å². The first-order valence-corrected chi connectivity index (χ1v) is 20.8. The van der Waals surface area contributed by atoms with Gasteiger partial charge in [0.25, 0.3) is 0 Å². The summed E-state index contributed by atoms with van der Waals surface area (Å²) in [6, 6.07) is 44.1. The van der Waals surface area contributed by atoms with Gasteiger partial charge in [-0.1, -0.05) is 121 Å². The predicted molar refractivity (Wildman–Crippen MR) is 239 cm³/mol. The minimum absolute atomic E-state index is 0.0298. The molecule has 6 aromatic carbocycles. The number of fused-ring (bicyclic) bond motifs is 9. The molecular weight excluding hydrogens is 717 g/mol. The molecule has 9 aromatic rings. The van der Waals surface area contributed by atoms with Gasteiger partial charge in [0.1, 0.15) is 29.3 Å². The summed E-state index contributed by atoms with van der Waals surface area (Å²) >= 11 is 1.86. The molecule has 6 heteroatoms. The van der Waals surface area contributed by atoms with E-state index < -0.39 is 0 Å². The molecule has 5 nitrogen and oxygen atoms in total. The van der Waals surface area contributed by atoms with Crippen LogP contribution in [0, 0.1) is 5.92 Å². The molecule has 3 aliphatic rings. The molecule has 3 unspecified atom stereocenters. The maximum atomic E-state index is 6.83. The van der Waals surface area contributed by atoms with E-state index in [1.165, 1.54) is 53.1 Å². The Hall–Kier alpha value is -6.47. The highest BCUT2D eigenvalue weighted by Crippen LogP contribution is 2.43. The summed E-state index contributed by atoms with van der Waals surface area (Å²) in [6.45, 7) is 0. The summed E-state index contributed by atoms with van der Waals surface area (Å²) in [5, 5.41) is 15.0. The van der Waals surface area contributed by atoms with E-state index in [-0.39, 0.29) is 12.3 Å².